The Kier molecular flexibility index (Phi) is 4.76. The number of hydrogen-bond donors (Lipinski definition) is 1. The van der Waals surface area contributed by atoms with Crippen LogP contribution in [0.25, 0.3) is 0 Å². The van der Waals surface area contributed by atoms with Gasteiger partial charge in [-0.25, -0.2) is 0 Å². The third-order valence-corrected chi connectivity index (χ3v) is 4.14. The number of hydrogen-bond acceptors (Lipinski definition) is 3. The van der Waals surface area contributed by atoms with E-state index in [1.165, 1.54) is 11.8 Å². The zero-order chi connectivity index (χ0) is 18.7. The standard InChI is InChI=1S/C22H21NO3/c1-22(2,3)17-11-9-15(10-12-17)20(24)16-6-4-7-18(14-16)23-21(25)19-8-5-13-26-19/h4-14H,1-3H3,(H,23,25). The van der Waals surface area contributed by atoms with Gasteiger partial charge in [-0.1, -0.05) is 57.2 Å². The summed E-state index contributed by atoms with van der Waals surface area (Å²) < 4.78 is 5.07. The average Bonchev–Trinajstić information content (AvgIpc) is 3.15. The summed E-state index contributed by atoms with van der Waals surface area (Å²) >= 11 is 0. The van der Waals surface area contributed by atoms with E-state index >= 15 is 0 Å². The number of carbonyl (C=O) groups is 2. The lowest BCUT2D eigenvalue weighted by Crippen LogP contribution is -2.12. The smallest absolute Gasteiger partial charge is 0.291 e. The maximum Gasteiger partial charge on any atom is 0.291 e. The molecule has 0 fully saturated rings. The lowest BCUT2D eigenvalue weighted by atomic mass is 9.86. The van der Waals surface area contributed by atoms with Crippen molar-refractivity contribution < 1.29 is 14.0 Å². The number of nitrogens with one attached hydrogen (secondary N) is 1. The summed E-state index contributed by atoms with van der Waals surface area (Å²) in [5, 5.41) is 2.74. The molecule has 4 nitrogen and oxygen atoms in total. The molecule has 132 valence electrons. The van der Waals surface area contributed by atoms with Crippen molar-refractivity contribution in [1.82, 2.24) is 0 Å². The van der Waals surface area contributed by atoms with Crippen LogP contribution in [0.1, 0.15) is 52.8 Å². The molecule has 1 amide bonds. The van der Waals surface area contributed by atoms with Gasteiger partial charge in [-0.15, -0.1) is 0 Å². The molecule has 4 heteroatoms. The molecule has 26 heavy (non-hydrogen) atoms. The van der Waals surface area contributed by atoms with Crippen molar-refractivity contribution >= 4 is 17.4 Å². The van der Waals surface area contributed by atoms with Gasteiger partial charge in [0.2, 0.25) is 0 Å². The summed E-state index contributed by atoms with van der Waals surface area (Å²) in [7, 11) is 0. The highest BCUT2D eigenvalue weighted by Crippen LogP contribution is 2.23. The van der Waals surface area contributed by atoms with Crippen molar-refractivity contribution in [3.8, 4) is 0 Å². The second-order valence-corrected chi connectivity index (χ2v) is 7.17. The van der Waals surface area contributed by atoms with Gasteiger partial charge in [-0.05, 0) is 35.2 Å². The number of rotatable bonds is 4. The summed E-state index contributed by atoms with van der Waals surface area (Å²) in [4.78, 5) is 24.8. The van der Waals surface area contributed by atoms with Crippen molar-refractivity contribution in [1.29, 1.82) is 0 Å². The maximum atomic E-state index is 12.7. The van der Waals surface area contributed by atoms with Crippen LogP contribution in [0.4, 0.5) is 5.69 Å². The van der Waals surface area contributed by atoms with Crippen LogP contribution in [-0.2, 0) is 5.41 Å². The average molecular weight is 347 g/mol. The predicted molar refractivity (Wildman–Crippen MR) is 102 cm³/mol. The first-order chi connectivity index (χ1) is 12.3. The van der Waals surface area contributed by atoms with Gasteiger partial charge in [0, 0.05) is 16.8 Å². The highest BCUT2D eigenvalue weighted by Gasteiger charge is 2.16. The Balaban J connectivity index is 1.79. The molecule has 2 aromatic carbocycles. The van der Waals surface area contributed by atoms with E-state index in [1.807, 2.05) is 24.3 Å². The van der Waals surface area contributed by atoms with Crippen LogP contribution in [0.15, 0.2) is 71.3 Å². The van der Waals surface area contributed by atoms with Gasteiger partial charge in [0.25, 0.3) is 5.91 Å². The molecule has 3 aromatic rings. The van der Waals surface area contributed by atoms with E-state index in [9.17, 15) is 9.59 Å². The van der Waals surface area contributed by atoms with E-state index in [1.54, 1.807) is 36.4 Å². The number of anilines is 1. The van der Waals surface area contributed by atoms with Crippen LogP contribution in [-0.4, -0.2) is 11.7 Å². The molecule has 0 aliphatic rings. The minimum absolute atomic E-state index is 0.0393. The second kappa shape index (κ2) is 7.00. The van der Waals surface area contributed by atoms with E-state index in [-0.39, 0.29) is 22.9 Å². The van der Waals surface area contributed by atoms with Crippen molar-refractivity contribution in [2.45, 2.75) is 26.2 Å². The first-order valence-electron chi connectivity index (χ1n) is 8.45. The Morgan fingerprint density at radius 3 is 2.23 bits per heavy atom. The van der Waals surface area contributed by atoms with Crippen molar-refractivity contribution in [2.24, 2.45) is 0 Å². The molecular weight excluding hydrogens is 326 g/mol. The third-order valence-electron chi connectivity index (χ3n) is 4.14. The van der Waals surface area contributed by atoms with E-state index in [0.29, 0.717) is 16.8 Å². The van der Waals surface area contributed by atoms with Gasteiger partial charge in [0.1, 0.15) is 0 Å². The molecule has 1 N–H and O–H groups in total. The first kappa shape index (κ1) is 17.7. The van der Waals surface area contributed by atoms with Gasteiger partial charge in [0.05, 0.1) is 6.26 Å². The Hall–Kier alpha value is -3.14. The van der Waals surface area contributed by atoms with E-state index < -0.39 is 0 Å². The first-order valence-corrected chi connectivity index (χ1v) is 8.45. The summed E-state index contributed by atoms with van der Waals surface area (Å²) in [6, 6.07) is 17.8. The normalized spacial score (nSPS) is 11.2. The minimum Gasteiger partial charge on any atom is -0.459 e. The topological polar surface area (TPSA) is 59.3 Å². The second-order valence-electron chi connectivity index (χ2n) is 7.17. The Labute approximate surface area is 152 Å². The highest BCUT2D eigenvalue weighted by molar-refractivity contribution is 6.10. The number of furan rings is 1. The Morgan fingerprint density at radius 2 is 1.62 bits per heavy atom. The molecule has 0 aliphatic heterocycles. The minimum atomic E-state index is -0.353. The van der Waals surface area contributed by atoms with Crippen molar-refractivity contribution in [3.63, 3.8) is 0 Å². The highest BCUT2D eigenvalue weighted by atomic mass is 16.3. The van der Waals surface area contributed by atoms with Crippen LogP contribution >= 0.6 is 0 Å². The molecule has 0 radical (unpaired) electrons. The lowest BCUT2D eigenvalue weighted by Gasteiger charge is -2.19. The maximum absolute atomic E-state index is 12.7. The van der Waals surface area contributed by atoms with Gasteiger partial charge in [-0.2, -0.15) is 0 Å². The van der Waals surface area contributed by atoms with Crippen LogP contribution in [0.5, 0.6) is 0 Å². The van der Waals surface area contributed by atoms with Crippen molar-refractivity contribution in [2.75, 3.05) is 5.32 Å². The molecule has 0 unspecified atom stereocenters. The third kappa shape index (κ3) is 3.91. The summed E-state index contributed by atoms with van der Waals surface area (Å²) in [5.74, 6) is -0.215. The number of ketones is 1. The molecule has 0 spiro atoms. The molecule has 0 saturated carbocycles. The fourth-order valence-corrected chi connectivity index (χ4v) is 2.63. The summed E-state index contributed by atoms with van der Waals surface area (Å²) in [6.45, 7) is 6.40. The van der Waals surface area contributed by atoms with Crippen LogP contribution in [0, 0.1) is 0 Å². The molecule has 0 aliphatic carbocycles. The fraction of sp³-hybridized carbons (Fsp3) is 0.182. The van der Waals surface area contributed by atoms with Crippen molar-refractivity contribution in [3.05, 3.63) is 89.4 Å². The number of amides is 1. The molecule has 1 heterocycles. The lowest BCUT2D eigenvalue weighted by molar-refractivity contribution is 0.0994. The molecule has 1 aromatic heterocycles. The quantitative estimate of drug-likeness (QED) is 0.671. The molecule has 0 saturated heterocycles. The predicted octanol–water partition coefficient (Wildman–Crippen LogP) is 5.06. The van der Waals surface area contributed by atoms with Crippen LogP contribution in [0.2, 0.25) is 0 Å². The Bertz CT molecular complexity index is 917. The van der Waals surface area contributed by atoms with Gasteiger partial charge in [-0.3, -0.25) is 9.59 Å². The largest absolute Gasteiger partial charge is 0.459 e. The van der Waals surface area contributed by atoms with E-state index in [2.05, 4.69) is 26.1 Å². The SMILES string of the molecule is CC(C)(C)c1ccc(C(=O)c2cccc(NC(=O)c3ccco3)c2)cc1. The van der Waals surface area contributed by atoms with E-state index in [0.717, 1.165) is 0 Å². The van der Waals surface area contributed by atoms with Crippen LogP contribution in [0.3, 0.4) is 0 Å². The molecule has 0 atom stereocenters. The van der Waals surface area contributed by atoms with Gasteiger partial charge >= 0.3 is 0 Å². The van der Waals surface area contributed by atoms with Gasteiger partial charge < -0.3 is 9.73 Å². The number of carbonyl (C=O) groups excluding carboxylic acids is 2. The van der Waals surface area contributed by atoms with E-state index in [4.69, 9.17) is 4.42 Å². The zero-order valence-electron chi connectivity index (χ0n) is 15.1. The Morgan fingerprint density at radius 1 is 0.885 bits per heavy atom. The van der Waals surface area contributed by atoms with Gasteiger partial charge in [0.15, 0.2) is 11.5 Å². The number of benzene rings is 2. The fourth-order valence-electron chi connectivity index (χ4n) is 2.63. The monoisotopic (exact) mass is 347 g/mol. The zero-order valence-corrected chi connectivity index (χ0v) is 15.1. The molecular formula is C22H21NO3. The summed E-state index contributed by atoms with van der Waals surface area (Å²) in [5.41, 5.74) is 2.90. The summed E-state index contributed by atoms with van der Waals surface area (Å²) in [6.07, 6.45) is 1.44. The van der Waals surface area contributed by atoms with Crippen LogP contribution < -0.4 is 5.32 Å². The molecule has 3 rings (SSSR count). The molecule has 0 bridgehead atoms.